The summed E-state index contributed by atoms with van der Waals surface area (Å²) in [7, 11) is 2.02. The summed E-state index contributed by atoms with van der Waals surface area (Å²) in [5, 5.41) is 8.55. The van der Waals surface area contributed by atoms with Crippen LogP contribution in [0.15, 0.2) is 0 Å². The van der Waals surface area contributed by atoms with Gasteiger partial charge in [-0.25, -0.2) is 0 Å². The second-order valence-corrected chi connectivity index (χ2v) is 3.94. The highest BCUT2D eigenvalue weighted by Crippen LogP contribution is 2.29. The van der Waals surface area contributed by atoms with Crippen molar-refractivity contribution in [3.8, 4) is 0 Å². The highest BCUT2D eigenvalue weighted by atomic mass is 16.4. The van der Waals surface area contributed by atoms with Gasteiger partial charge in [-0.15, -0.1) is 0 Å². The summed E-state index contributed by atoms with van der Waals surface area (Å²) in [6, 6.07) is -0.707. The lowest BCUT2D eigenvalue weighted by atomic mass is 10.2. The van der Waals surface area contributed by atoms with E-state index < -0.39 is 12.0 Å². The van der Waals surface area contributed by atoms with E-state index in [0.717, 1.165) is 19.0 Å². The normalized spacial score (nSPS) is 19.0. The molecule has 4 nitrogen and oxygen atoms in total. The zero-order chi connectivity index (χ0) is 9.84. The van der Waals surface area contributed by atoms with Crippen molar-refractivity contribution >= 4 is 5.97 Å². The monoisotopic (exact) mass is 186 g/mol. The van der Waals surface area contributed by atoms with Crippen LogP contribution in [-0.2, 0) is 4.79 Å². The molecule has 1 rings (SSSR count). The van der Waals surface area contributed by atoms with Crippen molar-refractivity contribution < 1.29 is 9.90 Å². The van der Waals surface area contributed by atoms with E-state index in [1.807, 2.05) is 7.05 Å². The Hall–Kier alpha value is -0.610. The summed E-state index contributed by atoms with van der Waals surface area (Å²) in [5.41, 5.74) is 5.39. The van der Waals surface area contributed by atoms with Crippen LogP contribution in [0, 0.1) is 5.92 Å². The van der Waals surface area contributed by atoms with Crippen molar-refractivity contribution in [2.45, 2.75) is 25.3 Å². The van der Waals surface area contributed by atoms with E-state index in [4.69, 9.17) is 10.8 Å². The van der Waals surface area contributed by atoms with Gasteiger partial charge in [-0.1, -0.05) is 0 Å². The van der Waals surface area contributed by atoms with Gasteiger partial charge >= 0.3 is 5.97 Å². The smallest absolute Gasteiger partial charge is 0.320 e. The van der Waals surface area contributed by atoms with E-state index in [-0.39, 0.29) is 0 Å². The van der Waals surface area contributed by atoms with Crippen molar-refractivity contribution in [2.75, 3.05) is 20.1 Å². The fraction of sp³-hybridized carbons (Fsp3) is 0.889. The Bertz CT molecular complexity index is 180. The molecule has 3 N–H and O–H groups in total. The van der Waals surface area contributed by atoms with Crippen LogP contribution in [0.25, 0.3) is 0 Å². The maximum atomic E-state index is 10.4. The molecule has 0 aromatic heterocycles. The summed E-state index contributed by atoms with van der Waals surface area (Å²) in [6.07, 6.45) is 3.20. The molecule has 0 spiro atoms. The number of carboxylic acids is 1. The number of carbonyl (C=O) groups is 1. The van der Waals surface area contributed by atoms with Crippen LogP contribution in [0.4, 0.5) is 0 Å². The van der Waals surface area contributed by atoms with Crippen molar-refractivity contribution in [3.63, 3.8) is 0 Å². The third-order valence-corrected chi connectivity index (χ3v) is 2.41. The Balaban J connectivity index is 2.05. The first-order valence-electron chi connectivity index (χ1n) is 4.76. The van der Waals surface area contributed by atoms with Gasteiger partial charge < -0.3 is 15.7 Å². The van der Waals surface area contributed by atoms with E-state index >= 15 is 0 Å². The summed E-state index contributed by atoms with van der Waals surface area (Å²) < 4.78 is 0. The highest BCUT2D eigenvalue weighted by Gasteiger charge is 2.23. The first-order valence-corrected chi connectivity index (χ1v) is 4.76. The second-order valence-electron chi connectivity index (χ2n) is 3.94. The maximum absolute atomic E-state index is 10.4. The lowest BCUT2D eigenvalue weighted by molar-refractivity contribution is -0.138. The van der Waals surface area contributed by atoms with E-state index in [9.17, 15) is 4.79 Å². The Kier molecular flexibility index (Phi) is 3.69. The molecule has 1 unspecified atom stereocenters. The second kappa shape index (κ2) is 4.58. The van der Waals surface area contributed by atoms with Crippen LogP contribution in [0.3, 0.4) is 0 Å². The van der Waals surface area contributed by atoms with Gasteiger partial charge in [0.1, 0.15) is 6.04 Å². The van der Waals surface area contributed by atoms with Crippen LogP contribution < -0.4 is 5.73 Å². The summed E-state index contributed by atoms with van der Waals surface area (Å²) >= 11 is 0. The molecule has 0 heterocycles. The molecule has 0 aromatic carbocycles. The standard InChI is InChI=1S/C9H18N2O2/c1-11(6-7-2-3-7)5-4-8(10)9(12)13/h7-8H,2-6,10H2,1H3,(H,12,13). The average Bonchev–Trinajstić information content (AvgIpc) is 2.83. The number of aliphatic carboxylic acids is 1. The Morgan fingerprint density at radius 2 is 2.31 bits per heavy atom. The van der Waals surface area contributed by atoms with Crippen molar-refractivity contribution in [1.29, 1.82) is 0 Å². The molecule has 0 saturated heterocycles. The van der Waals surface area contributed by atoms with E-state index in [1.54, 1.807) is 0 Å². The summed E-state index contributed by atoms with van der Waals surface area (Å²) in [4.78, 5) is 12.6. The molecular weight excluding hydrogens is 168 g/mol. The topological polar surface area (TPSA) is 66.6 Å². The zero-order valence-electron chi connectivity index (χ0n) is 8.07. The number of carboxylic acid groups (broad SMARTS) is 1. The lowest BCUT2D eigenvalue weighted by Crippen LogP contribution is -2.34. The van der Waals surface area contributed by atoms with Gasteiger partial charge in [0.25, 0.3) is 0 Å². The first-order chi connectivity index (χ1) is 6.09. The quantitative estimate of drug-likeness (QED) is 0.619. The molecular formula is C9H18N2O2. The van der Waals surface area contributed by atoms with Crippen molar-refractivity contribution in [3.05, 3.63) is 0 Å². The maximum Gasteiger partial charge on any atom is 0.320 e. The molecule has 0 radical (unpaired) electrons. The number of hydrogen-bond donors (Lipinski definition) is 2. The highest BCUT2D eigenvalue weighted by molar-refractivity contribution is 5.72. The number of nitrogens with zero attached hydrogens (tertiary/aromatic N) is 1. The molecule has 1 atom stereocenters. The first kappa shape index (κ1) is 10.5. The molecule has 1 aliphatic rings. The van der Waals surface area contributed by atoms with Gasteiger partial charge in [0.05, 0.1) is 0 Å². The number of hydrogen-bond acceptors (Lipinski definition) is 3. The molecule has 13 heavy (non-hydrogen) atoms. The minimum absolute atomic E-state index is 0.540. The molecule has 76 valence electrons. The molecule has 0 bridgehead atoms. The predicted molar refractivity (Wildman–Crippen MR) is 50.4 cm³/mol. The molecule has 0 amide bonds. The molecule has 1 saturated carbocycles. The zero-order valence-corrected chi connectivity index (χ0v) is 8.07. The van der Waals surface area contributed by atoms with Crippen molar-refractivity contribution in [2.24, 2.45) is 11.7 Å². The minimum atomic E-state index is -0.903. The summed E-state index contributed by atoms with van der Waals surface area (Å²) in [5.74, 6) is -0.0501. The van der Waals surface area contributed by atoms with Crippen LogP contribution in [0.2, 0.25) is 0 Å². The van der Waals surface area contributed by atoms with E-state index in [1.165, 1.54) is 12.8 Å². The molecule has 0 aromatic rings. The van der Waals surface area contributed by atoms with Crippen LogP contribution in [0.5, 0.6) is 0 Å². The van der Waals surface area contributed by atoms with Gasteiger partial charge in [-0.2, -0.15) is 0 Å². The van der Waals surface area contributed by atoms with Crippen LogP contribution >= 0.6 is 0 Å². The van der Waals surface area contributed by atoms with Crippen LogP contribution in [-0.4, -0.2) is 42.2 Å². The Morgan fingerprint density at radius 3 is 2.77 bits per heavy atom. The Morgan fingerprint density at radius 1 is 1.69 bits per heavy atom. The van der Waals surface area contributed by atoms with E-state index in [0.29, 0.717) is 6.42 Å². The van der Waals surface area contributed by atoms with Gasteiger partial charge in [0.2, 0.25) is 0 Å². The minimum Gasteiger partial charge on any atom is -0.480 e. The van der Waals surface area contributed by atoms with Gasteiger partial charge in [-0.05, 0) is 38.8 Å². The predicted octanol–water partition coefficient (Wildman–Crippen LogP) is 0.130. The SMILES string of the molecule is CN(CCC(N)C(=O)O)CC1CC1. The molecule has 1 aliphatic carbocycles. The Labute approximate surface area is 78.7 Å². The summed E-state index contributed by atoms with van der Waals surface area (Å²) in [6.45, 7) is 1.87. The van der Waals surface area contributed by atoms with Gasteiger partial charge in [-0.3, -0.25) is 4.79 Å². The fourth-order valence-electron chi connectivity index (χ4n) is 1.32. The third kappa shape index (κ3) is 4.24. The van der Waals surface area contributed by atoms with Crippen molar-refractivity contribution in [1.82, 2.24) is 4.90 Å². The fourth-order valence-corrected chi connectivity index (χ4v) is 1.32. The molecule has 1 fully saturated rings. The lowest BCUT2D eigenvalue weighted by Gasteiger charge is -2.17. The molecule has 0 aliphatic heterocycles. The number of nitrogens with two attached hydrogens (primary N) is 1. The largest absolute Gasteiger partial charge is 0.480 e. The van der Waals surface area contributed by atoms with Gasteiger partial charge in [0, 0.05) is 6.54 Å². The number of rotatable bonds is 6. The molecule has 4 heteroatoms. The van der Waals surface area contributed by atoms with E-state index in [2.05, 4.69) is 4.90 Å². The third-order valence-electron chi connectivity index (χ3n) is 2.41. The van der Waals surface area contributed by atoms with Gasteiger partial charge in [0.15, 0.2) is 0 Å². The average molecular weight is 186 g/mol. The van der Waals surface area contributed by atoms with Crippen LogP contribution in [0.1, 0.15) is 19.3 Å².